The average molecular weight is 349 g/mol. The summed E-state index contributed by atoms with van der Waals surface area (Å²) >= 11 is 3.37. The third-order valence-corrected chi connectivity index (χ3v) is 3.47. The fraction of sp³-hybridized carbons (Fsp3) is 0.188. The van der Waals surface area contributed by atoms with Crippen molar-refractivity contribution in [2.24, 2.45) is 0 Å². The van der Waals surface area contributed by atoms with Crippen LogP contribution in [-0.4, -0.2) is 12.5 Å². The Hall–Kier alpha value is -1.85. The summed E-state index contributed by atoms with van der Waals surface area (Å²) in [5.41, 5.74) is 9.05. The number of hydrogen-bond acceptors (Lipinski definition) is 3. The lowest BCUT2D eigenvalue weighted by atomic mass is 10.2. The number of hydrogen-bond donors (Lipinski definition) is 2. The van der Waals surface area contributed by atoms with Gasteiger partial charge >= 0.3 is 0 Å². The van der Waals surface area contributed by atoms with Crippen molar-refractivity contribution in [3.05, 3.63) is 58.1 Å². The van der Waals surface area contributed by atoms with Gasteiger partial charge in [-0.25, -0.2) is 0 Å². The molecule has 0 aromatic heterocycles. The van der Waals surface area contributed by atoms with E-state index in [1.54, 1.807) is 12.1 Å². The molecule has 2 rings (SSSR count). The molecule has 0 radical (unpaired) electrons. The van der Waals surface area contributed by atoms with Gasteiger partial charge in [0.05, 0.1) is 6.61 Å². The molecule has 0 aliphatic heterocycles. The van der Waals surface area contributed by atoms with Crippen molar-refractivity contribution in [1.82, 2.24) is 0 Å². The number of nitrogens with one attached hydrogen (secondary N) is 1. The molecule has 0 aliphatic carbocycles. The summed E-state index contributed by atoms with van der Waals surface area (Å²) in [6, 6.07) is 13.1. The van der Waals surface area contributed by atoms with Crippen LogP contribution in [0.15, 0.2) is 46.9 Å². The van der Waals surface area contributed by atoms with Crippen molar-refractivity contribution < 1.29 is 9.53 Å². The van der Waals surface area contributed by atoms with Gasteiger partial charge in [0.1, 0.15) is 6.61 Å². The molecule has 0 saturated heterocycles. The minimum atomic E-state index is -0.181. The van der Waals surface area contributed by atoms with E-state index in [9.17, 15) is 4.79 Å². The Morgan fingerprint density at radius 3 is 2.62 bits per heavy atom. The topological polar surface area (TPSA) is 64.3 Å². The molecule has 110 valence electrons. The van der Waals surface area contributed by atoms with E-state index in [2.05, 4.69) is 21.2 Å². The van der Waals surface area contributed by atoms with E-state index in [1.807, 2.05) is 37.3 Å². The van der Waals surface area contributed by atoms with E-state index in [0.717, 1.165) is 21.3 Å². The number of carbonyl (C=O) groups is 1. The number of anilines is 2. The first-order valence-corrected chi connectivity index (χ1v) is 7.32. The summed E-state index contributed by atoms with van der Waals surface area (Å²) in [7, 11) is 0. The van der Waals surface area contributed by atoms with Gasteiger partial charge in [-0.1, -0.05) is 28.1 Å². The molecule has 1 amide bonds. The number of aryl methyl sites for hydroxylation is 1. The summed E-state index contributed by atoms with van der Waals surface area (Å²) in [6.07, 6.45) is 0. The molecule has 0 atom stereocenters. The fourth-order valence-electron chi connectivity index (χ4n) is 1.86. The van der Waals surface area contributed by atoms with Crippen molar-refractivity contribution in [3.8, 4) is 0 Å². The second kappa shape index (κ2) is 7.24. The highest BCUT2D eigenvalue weighted by atomic mass is 79.9. The van der Waals surface area contributed by atoms with Gasteiger partial charge in [-0.3, -0.25) is 4.79 Å². The number of carbonyl (C=O) groups excluding carboxylic acids is 1. The normalized spacial score (nSPS) is 10.4. The molecule has 21 heavy (non-hydrogen) atoms. The Labute approximate surface area is 132 Å². The lowest BCUT2D eigenvalue weighted by Gasteiger charge is -2.09. The maximum Gasteiger partial charge on any atom is 0.250 e. The van der Waals surface area contributed by atoms with Crippen LogP contribution in [0.5, 0.6) is 0 Å². The highest BCUT2D eigenvalue weighted by Crippen LogP contribution is 2.17. The lowest BCUT2D eigenvalue weighted by Crippen LogP contribution is -2.18. The fourth-order valence-corrected chi connectivity index (χ4v) is 2.12. The van der Waals surface area contributed by atoms with Crippen LogP contribution in [0.1, 0.15) is 11.1 Å². The van der Waals surface area contributed by atoms with Crippen molar-refractivity contribution in [2.75, 3.05) is 17.7 Å². The van der Waals surface area contributed by atoms with Crippen LogP contribution >= 0.6 is 15.9 Å². The first-order chi connectivity index (χ1) is 10.0. The number of ether oxygens (including phenoxy) is 1. The zero-order chi connectivity index (χ0) is 15.2. The zero-order valence-corrected chi connectivity index (χ0v) is 13.3. The standard InChI is InChI=1S/C16H17BrN2O2/c1-11-8-14(18)6-7-15(11)19-16(20)10-21-9-12-2-4-13(17)5-3-12/h2-8H,9-10,18H2,1H3,(H,19,20). The van der Waals surface area contributed by atoms with E-state index in [0.29, 0.717) is 12.3 Å². The molecule has 0 bridgehead atoms. The van der Waals surface area contributed by atoms with Crippen LogP contribution in [0.3, 0.4) is 0 Å². The Bertz CT molecular complexity index is 627. The highest BCUT2D eigenvalue weighted by molar-refractivity contribution is 9.10. The molecular formula is C16H17BrN2O2. The Morgan fingerprint density at radius 1 is 1.24 bits per heavy atom. The number of nitrogens with two attached hydrogens (primary N) is 1. The molecule has 4 nitrogen and oxygen atoms in total. The number of benzene rings is 2. The first kappa shape index (κ1) is 15.5. The van der Waals surface area contributed by atoms with Gasteiger partial charge < -0.3 is 15.8 Å². The molecule has 0 aliphatic rings. The summed E-state index contributed by atoms with van der Waals surface area (Å²) < 4.78 is 6.42. The molecule has 2 aromatic carbocycles. The SMILES string of the molecule is Cc1cc(N)ccc1NC(=O)COCc1ccc(Br)cc1. The van der Waals surface area contributed by atoms with Crippen LogP contribution in [0.2, 0.25) is 0 Å². The first-order valence-electron chi connectivity index (χ1n) is 6.53. The van der Waals surface area contributed by atoms with Crippen molar-refractivity contribution in [3.63, 3.8) is 0 Å². The van der Waals surface area contributed by atoms with E-state index in [1.165, 1.54) is 0 Å². The van der Waals surface area contributed by atoms with Gasteiger partial charge in [-0.2, -0.15) is 0 Å². The third-order valence-electron chi connectivity index (χ3n) is 2.94. The molecular weight excluding hydrogens is 332 g/mol. The van der Waals surface area contributed by atoms with Crippen LogP contribution in [0.4, 0.5) is 11.4 Å². The van der Waals surface area contributed by atoms with Crippen LogP contribution < -0.4 is 11.1 Å². The highest BCUT2D eigenvalue weighted by Gasteiger charge is 2.05. The molecule has 0 spiro atoms. The van der Waals surface area contributed by atoms with E-state index in [-0.39, 0.29) is 12.5 Å². The molecule has 0 saturated carbocycles. The largest absolute Gasteiger partial charge is 0.399 e. The summed E-state index contributed by atoms with van der Waals surface area (Å²) in [5, 5.41) is 2.81. The van der Waals surface area contributed by atoms with Crippen molar-refractivity contribution >= 4 is 33.2 Å². The van der Waals surface area contributed by atoms with Gasteiger partial charge in [0.2, 0.25) is 5.91 Å². The molecule has 0 unspecified atom stereocenters. The monoisotopic (exact) mass is 348 g/mol. The van der Waals surface area contributed by atoms with Gasteiger partial charge in [0.25, 0.3) is 0 Å². The average Bonchev–Trinajstić information content (AvgIpc) is 2.44. The summed E-state index contributed by atoms with van der Waals surface area (Å²) in [4.78, 5) is 11.8. The Morgan fingerprint density at radius 2 is 1.95 bits per heavy atom. The second-order valence-corrected chi connectivity index (χ2v) is 5.66. The molecule has 0 heterocycles. The molecule has 2 aromatic rings. The smallest absolute Gasteiger partial charge is 0.250 e. The quantitative estimate of drug-likeness (QED) is 0.812. The van der Waals surface area contributed by atoms with Crippen molar-refractivity contribution in [1.29, 1.82) is 0 Å². The van der Waals surface area contributed by atoms with Gasteiger partial charge in [-0.05, 0) is 48.4 Å². The van der Waals surface area contributed by atoms with Crippen LogP contribution in [0, 0.1) is 6.92 Å². The predicted molar refractivity (Wildman–Crippen MR) is 88.0 cm³/mol. The van der Waals surface area contributed by atoms with Gasteiger partial charge in [0, 0.05) is 15.8 Å². The Kier molecular flexibility index (Phi) is 5.36. The number of halogens is 1. The van der Waals surface area contributed by atoms with Crippen molar-refractivity contribution in [2.45, 2.75) is 13.5 Å². The molecule has 0 fully saturated rings. The van der Waals surface area contributed by atoms with Crippen LogP contribution in [-0.2, 0) is 16.1 Å². The number of amides is 1. The van der Waals surface area contributed by atoms with Gasteiger partial charge in [-0.15, -0.1) is 0 Å². The Balaban J connectivity index is 1.81. The van der Waals surface area contributed by atoms with E-state index >= 15 is 0 Å². The minimum absolute atomic E-state index is 0.0138. The van der Waals surface area contributed by atoms with E-state index < -0.39 is 0 Å². The zero-order valence-electron chi connectivity index (χ0n) is 11.7. The third kappa shape index (κ3) is 4.88. The van der Waals surface area contributed by atoms with E-state index in [4.69, 9.17) is 10.5 Å². The molecule has 3 N–H and O–H groups in total. The lowest BCUT2D eigenvalue weighted by molar-refractivity contribution is -0.121. The van der Waals surface area contributed by atoms with Crippen LogP contribution in [0.25, 0.3) is 0 Å². The predicted octanol–water partition coefficient (Wildman–Crippen LogP) is 3.50. The second-order valence-electron chi connectivity index (χ2n) is 4.74. The number of nitrogen functional groups attached to an aromatic ring is 1. The summed E-state index contributed by atoms with van der Waals surface area (Å²) in [5.74, 6) is -0.181. The summed E-state index contributed by atoms with van der Waals surface area (Å²) in [6.45, 7) is 2.32. The maximum atomic E-state index is 11.8. The minimum Gasteiger partial charge on any atom is -0.399 e. The maximum absolute atomic E-state index is 11.8. The van der Waals surface area contributed by atoms with Gasteiger partial charge in [0.15, 0.2) is 0 Å². The molecule has 5 heteroatoms. The number of rotatable bonds is 5.